The van der Waals surface area contributed by atoms with E-state index in [1.54, 1.807) is 63.6 Å². The molecule has 0 saturated heterocycles. The maximum atomic E-state index is 13.7. The van der Waals surface area contributed by atoms with Crippen LogP contribution in [-0.2, 0) is 20.9 Å². The first-order valence-corrected chi connectivity index (χ1v) is 15.5. The van der Waals surface area contributed by atoms with E-state index in [1.807, 2.05) is 25.1 Å². The molecule has 1 aliphatic heterocycles. The second-order valence-electron chi connectivity index (χ2n) is 11.1. The Morgan fingerprint density at radius 2 is 1.93 bits per heavy atom. The number of ether oxygens (including phenoxy) is 3. The van der Waals surface area contributed by atoms with Gasteiger partial charge in [-0.15, -0.1) is 0 Å². The number of hydrogen-bond acceptors (Lipinski definition) is 10. The van der Waals surface area contributed by atoms with Crippen molar-refractivity contribution in [3.8, 4) is 11.5 Å². The van der Waals surface area contributed by atoms with Crippen LogP contribution in [0, 0.1) is 0 Å². The summed E-state index contributed by atoms with van der Waals surface area (Å²) in [5, 5.41) is 3.61. The van der Waals surface area contributed by atoms with Gasteiger partial charge in [0.05, 0.1) is 29.8 Å². The SMILES string of the molecule is COc1c(Cl)cccc1SNC(=O)C1=C(NCc2ccncc2OCC(C)c2ccccn2)CCN(C(=O)OC(C)(C)C)C1=O. The van der Waals surface area contributed by atoms with E-state index < -0.39 is 23.5 Å². The Morgan fingerprint density at radius 1 is 1.13 bits per heavy atom. The Morgan fingerprint density at radius 3 is 2.64 bits per heavy atom. The molecule has 13 heteroatoms. The molecule has 1 atom stereocenters. The number of methoxy groups -OCH3 is 1. The van der Waals surface area contributed by atoms with E-state index in [9.17, 15) is 14.4 Å². The third-order valence-corrected chi connectivity index (χ3v) is 7.75. The van der Waals surface area contributed by atoms with Gasteiger partial charge in [0.1, 0.15) is 16.9 Å². The normalized spacial score (nSPS) is 14.1. The van der Waals surface area contributed by atoms with Gasteiger partial charge >= 0.3 is 6.09 Å². The van der Waals surface area contributed by atoms with Gasteiger partial charge in [0, 0.05) is 54.8 Å². The Bertz CT molecular complexity index is 1560. The van der Waals surface area contributed by atoms with Gasteiger partial charge in [-0.05, 0) is 63.1 Å². The van der Waals surface area contributed by atoms with Crippen LogP contribution in [-0.4, -0.2) is 58.6 Å². The number of hydrogen-bond donors (Lipinski definition) is 2. The van der Waals surface area contributed by atoms with Crippen molar-refractivity contribution >= 4 is 41.5 Å². The van der Waals surface area contributed by atoms with Gasteiger partial charge in [0.25, 0.3) is 11.8 Å². The lowest BCUT2D eigenvalue weighted by Crippen LogP contribution is -2.48. The number of halogens is 1. The van der Waals surface area contributed by atoms with Crippen molar-refractivity contribution in [3.05, 3.63) is 88.6 Å². The number of para-hydroxylation sites is 1. The van der Waals surface area contributed by atoms with Crippen LogP contribution < -0.4 is 19.5 Å². The fourth-order valence-corrected chi connectivity index (χ4v) is 5.44. The number of nitrogens with zero attached hydrogens (tertiary/aromatic N) is 3. The molecule has 2 aromatic heterocycles. The maximum Gasteiger partial charge on any atom is 0.417 e. The number of pyridine rings is 2. The highest BCUT2D eigenvalue weighted by molar-refractivity contribution is 7.98. The lowest BCUT2D eigenvalue weighted by molar-refractivity contribution is -0.130. The molecule has 238 valence electrons. The fraction of sp³-hybridized carbons (Fsp3) is 0.344. The van der Waals surface area contributed by atoms with Gasteiger partial charge in [-0.2, -0.15) is 0 Å². The summed E-state index contributed by atoms with van der Waals surface area (Å²) in [6.07, 6.45) is 4.38. The van der Waals surface area contributed by atoms with Gasteiger partial charge in [0.15, 0.2) is 5.75 Å². The standard InChI is InChI=1S/C32H36ClN5O6S/c1-20(23-10-6-7-14-35-23)19-43-25-18-34-15-12-21(25)17-36-24-13-16-38(31(41)44-32(2,3)4)30(40)27(24)29(39)37-45-26-11-8-9-22(33)28(26)42-5/h6-12,14-15,18,20,36H,13,16-17,19H2,1-5H3,(H,37,39). The summed E-state index contributed by atoms with van der Waals surface area (Å²) >= 11 is 7.17. The summed E-state index contributed by atoms with van der Waals surface area (Å²) in [6, 6.07) is 12.6. The average molecular weight is 654 g/mol. The van der Waals surface area contributed by atoms with Crippen molar-refractivity contribution in [2.24, 2.45) is 0 Å². The molecule has 11 nitrogen and oxygen atoms in total. The molecule has 0 spiro atoms. The molecule has 0 radical (unpaired) electrons. The fourth-order valence-electron chi connectivity index (χ4n) is 4.39. The minimum absolute atomic E-state index is 0.0312. The second kappa shape index (κ2) is 15.1. The van der Waals surface area contributed by atoms with Crippen LogP contribution in [0.4, 0.5) is 4.79 Å². The molecule has 1 unspecified atom stereocenters. The molecular weight excluding hydrogens is 618 g/mol. The first-order valence-electron chi connectivity index (χ1n) is 14.3. The van der Waals surface area contributed by atoms with Crippen LogP contribution in [0.2, 0.25) is 5.02 Å². The summed E-state index contributed by atoms with van der Waals surface area (Å²) in [7, 11) is 1.47. The van der Waals surface area contributed by atoms with E-state index in [0.717, 1.165) is 28.1 Å². The largest absolute Gasteiger partial charge is 0.494 e. The number of nitrogens with one attached hydrogen (secondary N) is 2. The summed E-state index contributed by atoms with van der Waals surface area (Å²) in [4.78, 5) is 50.2. The molecule has 3 heterocycles. The van der Waals surface area contributed by atoms with Crippen molar-refractivity contribution in [2.45, 2.75) is 57.1 Å². The maximum absolute atomic E-state index is 13.7. The highest BCUT2D eigenvalue weighted by atomic mass is 35.5. The Hall–Kier alpha value is -4.29. The zero-order valence-electron chi connectivity index (χ0n) is 25.8. The number of benzene rings is 1. The van der Waals surface area contributed by atoms with Crippen LogP contribution in [0.25, 0.3) is 0 Å². The van der Waals surface area contributed by atoms with Gasteiger partial charge in [-0.3, -0.25) is 24.3 Å². The molecule has 45 heavy (non-hydrogen) atoms. The number of carbonyl (C=O) groups excluding carboxylic acids is 3. The third-order valence-electron chi connectivity index (χ3n) is 6.62. The molecule has 1 aliphatic rings. The van der Waals surface area contributed by atoms with Crippen molar-refractivity contribution in [3.63, 3.8) is 0 Å². The molecule has 0 saturated carbocycles. The number of carbonyl (C=O) groups is 3. The molecule has 1 aromatic carbocycles. The lowest BCUT2D eigenvalue weighted by Gasteiger charge is -2.31. The highest BCUT2D eigenvalue weighted by Crippen LogP contribution is 2.34. The minimum atomic E-state index is -0.827. The number of amides is 3. The van der Waals surface area contributed by atoms with E-state index >= 15 is 0 Å². The zero-order chi connectivity index (χ0) is 32.6. The van der Waals surface area contributed by atoms with Crippen LogP contribution in [0.15, 0.2) is 77.2 Å². The zero-order valence-corrected chi connectivity index (χ0v) is 27.3. The molecule has 0 bridgehead atoms. The number of imide groups is 1. The predicted molar refractivity (Wildman–Crippen MR) is 171 cm³/mol. The summed E-state index contributed by atoms with van der Waals surface area (Å²) in [5.41, 5.74) is 1.02. The predicted octanol–water partition coefficient (Wildman–Crippen LogP) is 5.66. The van der Waals surface area contributed by atoms with E-state index in [4.69, 9.17) is 25.8 Å². The average Bonchev–Trinajstić information content (AvgIpc) is 3.01. The smallest absolute Gasteiger partial charge is 0.417 e. The first-order chi connectivity index (χ1) is 21.5. The van der Waals surface area contributed by atoms with E-state index in [-0.39, 0.29) is 31.0 Å². The molecular formula is C32H36ClN5O6S. The molecule has 3 amide bonds. The van der Waals surface area contributed by atoms with E-state index in [2.05, 4.69) is 20.0 Å². The van der Waals surface area contributed by atoms with Crippen molar-refractivity contribution in [2.75, 3.05) is 20.3 Å². The third kappa shape index (κ3) is 8.89. The Kier molecular flexibility index (Phi) is 11.3. The Labute approximate surface area is 271 Å². The van der Waals surface area contributed by atoms with Crippen LogP contribution in [0.3, 0.4) is 0 Å². The summed E-state index contributed by atoms with van der Waals surface area (Å²) in [5.74, 6) is -0.497. The highest BCUT2D eigenvalue weighted by Gasteiger charge is 2.37. The first kappa shape index (κ1) is 33.6. The molecule has 0 aliphatic carbocycles. The lowest BCUT2D eigenvalue weighted by atomic mass is 10.0. The Balaban J connectivity index is 1.55. The van der Waals surface area contributed by atoms with Gasteiger partial charge in [-0.25, -0.2) is 9.69 Å². The molecule has 0 fully saturated rings. The topological polar surface area (TPSA) is 132 Å². The summed E-state index contributed by atoms with van der Waals surface area (Å²) in [6.45, 7) is 7.77. The quantitative estimate of drug-likeness (QED) is 0.197. The van der Waals surface area contributed by atoms with Crippen LogP contribution >= 0.6 is 23.5 Å². The van der Waals surface area contributed by atoms with E-state index in [1.165, 1.54) is 7.11 Å². The monoisotopic (exact) mass is 653 g/mol. The van der Waals surface area contributed by atoms with Crippen molar-refractivity contribution < 1.29 is 28.6 Å². The molecule has 4 rings (SSSR count). The number of aromatic nitrogens is 2. The van der Waals surface area contributed by atoms with Crippen molar-refractivity contribution in [1.29, 1.82) is 0 Å². The second-order valence-corrected chi connectivity index (χ2v) is 12.4. The minimum Gasteiger partial charge on any atom is -0.494 e. The van der Waals surface area contributed by atoms with Gasteiger partial charge < -0.3 is 19.5 Å². The molecule has 3 aromatic rings. The number of rotatable bonds is 11. The summed E-state index contributed by atoms with van der Waals surface area (Å²) < 4.78 is 19.6. The van der Waals surface area contributed by atoms with Gasteiger partial charge in [0.2, 0.25) is 0 Å². The van der Waals surface area contributed by atoms with E-state index in [0.29, 0.717) is 33.7 Å². The van der Waals surface area contributed by atoms with Gasteiger partial charge in [-0.1, -0.05) is 30.7 Å². The molecule has 2 N–H and O–H groups in total. The van der Waals surface area contributed by atoms with Crippen LogP contribution in [0.1, 0.15) is 51.3 Å². The van der Waals surface area contributed by atoms with Crippen LogP contribution in [0.5, 0.6) is 11.5 Å². The van der Waals surface area contributed by atoms with Crippen molar-refractivity contribution in [1.82, 2.24) is 24.9 Å².